The summed E-state index contributed by atoms with van der Waals surface area (Å²) in [7, 11) is 0. The standard InChI is InChI=1S/C21H13ClN4/c22-20-23-19(14-8-2-1-3-9-14)24-21(25-20)26-17-12-6-4-10-15(17)16-11-5-7-13-18(16)26/h1-13H. The maximum absolute atomic E-state index is 6.24. The van der Waals surface area contributed by atoms with Crippen LogP contribution in [-0.4, -0.2) is 19.5 Å². The summed E-state index contributed by atoms with van der Waals surface area (Å²) in [5, 5.41) is 2.48. The largest absolute Gasteiger partial charge is 0.278 e. The summed E-state index contributed by atoms with van der Waals surface area (Å²) in [6.07, 6.45) is 0. The first kappa shape index (κ1) is 15.0. The molecule has 26 heavy (non-hydrogen) atoms. The van der Waals surface area contributed by atoms with Gasteiger partial charge in [0, 0.05) is 16.3 Å². The molecule has 0 atom stereocenters. The summed E-state index contributed by atoms with van der Waals surface area (Å²) in [4.78, 5) is 13.4. The molecule has 3 aromatic carbocycles. The molecule has 0 unspecified atom stereocenters. The zero-order valence-electron chi connectivity index (χ0n) is 13.7. The Morgan fingerprint density at radius 2 is 1.19 bits per heavy atom. The third-order valence-corrected chi connectivity index (χ3v) is 4.58. The lowest BCUT2D eigenvalue weighted by molar-refractivity contribution is 0.947. The van der Waals surface area contributed by atoms with E-state index in [0.29, 0.717) is 11.8 Å². The van der Waals surface area contributed by atoms with Crippen LogP contribution in [0.15, 0.2) is 78.9 Å². The van der Waals surface area contributed by atoms with Crippen LogP contribution in [0.1, 0.15) is 0 Å². The Balaban J connectivity index is 1.84. The van der Waals surface area contributed by atoms with E-state index in [1.165, 1.54) is 0 Å². The summed E-state index contributed by atoms with van der Waals surface area (Å²) < 4.78 is 2.03. The monoisotopic (exact) mass is 356 g/mol. The van der Waals surface area contributed by atoms with Gasteiger partial charge in [-0.15, -0.1) is 0 Å². The predicted octanol–water partition coefficient (Wildman–Crippen LogP) is 5.29. The van der Waals surface area contributed by atoms with Crippen LogP contribution < -0.4 is 0 Å². The molecule has 4 nitrogen and oxygen atoms in total. The minimum absolute atomic E-state index is 0.177. The highest BCUT2D eigenvalue weighted by Crippen LogP contribution is 2.31. The highest BCUT2D eigenvalue weighted by molar-refractivity contribution is 6.28. The van der Waals surface area contributed by atoms with Crippen LogP contribution in [0, 0.1) is 0 Å². The van der Waals surface area contributed by atoms with Gasteiger partial charge in [0.15, 0.2) is 5.82 Å². The Morgan fingerprint density at radius 3 is 1.85 bits per heavy atom. The molecule has 2 heterocycles. The Labute approximate surface area is 154 Å². The van der Waals surface area contributed by atoms with Crippen LogP contribution in [0.25, 0.3) is 39.1 Å². The first-order valence-electron chi connectivity index (χ1n) is 8.27. The number of rotatable bonds is 2. The second-order valence-corrected chi connectivity index (χ2v) is 6.30. The third-order valence-electron chi connectivity index (χ3n) is 4.41. The van der Waals surface area contributed by atoms with Crippen molar-refractivity contribution in [2.24, 2.45) is 0 Å². The van der Waals surface area contributed by atoms with E-state index in [1.807, 2.05) is 59.2 Å². The second kappa shape index (κ2) is 5.93. The Morgan fingerprint density at radius 1 is 0.615 bits per heavy atom. The number of aromatic nitrogens is 4. The fourth-order valence-corrected chi connectivity index (χ4v) is 3.45. The molecule has 0 spiro atoms. The number of nitrogens with zero attached hydrogens (tertiary/aromatic N) is 4. The quantitative estimate of drug-likeness (QED) is 0.431. The van der Waals surface area contributed by atoms with E-state index in [-0.39, 0.29) is 5.28 Å². The van der Waals surface area contributed by atoms with Crippen molar-refractivity contribution in [3.05, 3.63) is 84.1 Å². The average Bonchev–Trinajstić information content (AvgIpc) is 3.03. The van der Waals surface area contributed by atoms with Crippen molar-refractivity contribution in [2.45, 2.75) is 0 Å². The van der Waals surface area contributed by atoms with Gasteiger partial charge in [-0.3, -0.25) is 4.57 Å². The molecule has 0 N–H and O–H groups in total. The van der Waals surface area contributed by atoms with Gasteiger partial charge < -0.3 is 0 Å². The van der Waals surface area contributed by atoms with E-state index in [9.17, 15) is 0 Å². The van der Waals surface area contributed by atoms with Crippen molar-refractivity contribution in [3.63, 3.8) is 0 Å². The SMILES string of the molecule is Clc1nc(-c2ccccc2)nc(-n2c3ccccc3c3ccccc32)n1. The normalized spacial score (nSPS) is 11.3. The van der Waals surface area contributed by atoms with Crippen molar-refractivity contribution in [1.29, 1.82) is 0 Å². The van der Waals surface area contributed by atoms with Gasteiger partial charge in [0.25, 0.3) is 0 Å². The van der Waals surface area contributed by atoms with Gasteiger partial charge in [0.2, 0.25) is 11.2 Å². The zero-order valence-corrected chi connectivity index (χ0v) is 14.4. The van der Waals surface area contributed by atoms with Gasteiger partial charge in [-0.05, 0) is 23.7 Å². The smallest absolute Gasteiger partial charge is 0.239 e. The molecular weight excluding hydrogens is 344 g/mol. The molecule has 0 bridgehead atoms. The first-order chi connectivity index (χ1) is 12.8. The Hall–Kier alpha value is -3.24. The summed E-state index contributed by atoms with van der Waals surface area (Å²) in [6, 6.07) is 26.2. The van der Waals surface area contributed by atoms with Crippen molar-refractivity contribution in [3.8, 4) is 17.3 Å². The number of fused-ring (bicyclic) bond motifs is 3. The zero-order chi connectivity index (χ0) is 17.5. The molecule has 5 aromatic rings. The molecule has 0 radical (unpaired) electrons. The van der Waals surface area contributed by atoms with Crippen LogP contribution in [0.5, 0.6) is 0 Å². The number of halogens is 1. The van der Waals surface area contributed by atoms with Crippen LogP contribution >= 0.6 is 11.6 Å². The van der Waals surface area contributed by atoms with Crippen LogP contribution in [0.4, 0.5) is 0 Å². The molecule has 124 valence electrons. The Bertz CT molecular complexity index is 1190. The van der Waals surface area contributed by atoms with Crippen molar-refractivity contribution in [1.82, 2.24) is 19.5 Å². The maximum atomic E-state index is 6.24. The minimum atomic E-state index is 0.177. The lowest BCUT2D eigenvalue weighted by Crippen LogP contribution is -2.04. The molecule has 0 aliphatic rings. The topological polar surface area (TPSA) is 43.6 Å². The minimum Gasteiger partial charge on any atom is -0.278 e. The van der Waals surface area contributed by atoms with Crippen LogP contribution in [0.3, 0.4) is 0 Å². The highest BCUT2D eigenvalue weighted by atomic mass is 35.5. The van der Waals surface area contributed by atoms with Gasteiger partial charge in [0.1, 0.15) is 0 Å². The molecule has 5 rings (SSSR count). The fourth-order valence-electron chi connectivity index (χ4n) is 3.29. The van der Waals surface area contributed by atoms with Crippen molar-refractivity contribution >= 4 is 33.4 Å². The van der Waals surface area contributed by atoms with E-state index >= 15 is 0 Å². The van der Waals surface area contributed by atoms with Crippen LogP contribution in [-0.2, 0) is 0 Å². The second-order valence-electron chi connectivity index (χ2n) is 5.96. The molecule has 0 fully saturated rings. The predicted molar refractivity (Wildman–Crippen MR) is 105 cm³/mol. The summed E-state index contributed by atoms with van der Waals surface area (Å²) in [6.45, 7) is 0. The van der Waals surface area contributed by atoms with Gasteiger partial charge in [-0.2, -0.15) is 15.0 Å². The van der Waals surface area contributed by atoms with Gasteiger partial charge in [0.05, 0.1) is 11.0 Å². The molecule has 0 aliphatic carbocycles. The lowest BCUT2D eigenvalue weighted by atomic mass is 10.2. The number of hydrogen-bond donors (Lipinski definition) is 0. The molecule has 0 aliphatic heterocycles. The average molecular weight is 357 g/mol. The molecule has 5 heteroatoms. The molecule has 0 saturated carbocycles. The highest BCUT2D eigenvalue weighted by Gasteiger charge is 2.15. The molecule has 0 saturated heterocycles. The Kier molecular flexibility index (Phi) is 3.43. The maximum Gasteiger partial charge on any atom is 0.239 e. The fraction of sp³-hybridized carbons (Fsp3) is 0. The third kappa shape index (κ3) is 2.35. The summed E-state index contributed by atoms with van der Waals surface area (Å²) in [5.41, 5.74) is 2.98. The summed E-state index contributed by atoms with van der Waals surface area (Å²) >= 11 is 6.24. The van der Waals surface area contributed by atoms with Crippen molar-refractivity contribution in [2.75, 3.05) is 0 Å². The van der Waals surface area contributed by atoms with E-state index in [4.69, 9.17) is 16.6 Å². The van der Waals surface area contributed by atoms with Gasteiger partial charge >= 0.3 is 0 Å². The van der Waals surface area contributed by atoms with Crippen LogP contribution in [0.2, 0.25) is 5.28 Å². The number of hydrogen-bond acceptors (Lipinski definition) is 3. The van der Waals surface area contributed by atoms with E-state index in [2.05, 4.69) is 34.2 Å². The number of para-hydroxylation sites is 2. The first-order valence-corrected chi connectivity index (χ1v) is 8.64. The number of benzene rings is 3. The van der Waals surface area contributed by atoms with Gasteiger partial charge in [-0.25, -0.2) is 0 Å². The molecular formula is C21H13ClN4. The molecule has 2 aromatic heterocycles. The van der Waals surface area contributed by atoms with E-state index < -0.39 is 0 Å². The lowest BCUT2D eigenvalue weighted by Gasteiger charge is -2.08. The van der Waals surface area contributed by atoms with E-state index in [1.54, 1.807) is 0 Å². The van der Waals surface area contributed by atoms with Crippen molar-refractivity contribution < 1.29 is 0 Å². The van der Waals surface area contributed by atoms with E-state index in [0.717, 1.165) is 27.4 Å². The van der Waals surface area contributed by atoms with Gasteiger partial charge in [-0.1, -0.05) is 66.7 Å². The summed E-state index contributed by atoms with van der Waals surface area (Å²) in [5.74, 6) is 1.07. The molecule has 0 amide bonds.